The molecule has 1 aliphatic rings. The van der Waals surface area contributed by atoms with Gasteiger partial charge in [0.15, 0.2) is 6.10 Å². The van der Waals surface area contributed by atoms with Crippen molar-refractivity contribution in [2.75, 3.05) is 5.75 Å². The van der Waals surface area contributed by atoms with Crippen molar-refractivity contribution in [1.82, 2.24) is 0 Å². The summed E-state index contributed by atoms with van der Waals surface area (Å²) in [5.41, 5.74) is 0. The van der Waals surface area contributed by atoms with E-state index in [2.05, 4.69) is 0 Å². The van der Waals surface area contributed by atoms with Crippen molar-refractivity contribution < 1.29 is 46.9 Å². The van der Waals surface area contributed by atoms with Crippen molar-refractivity contribution >= 4 is 37.6 Å². The summed E-state index contributed by atoms with van der Waals surface area (Å²) in [7, 11) is 1.04. The molecule has 0 bridgehead atoms. The second-order valence-corrected chi connectivity index (χ2v) is 7.82. The van der Waals surface area contributed by atoms with Crippen LogP contribution >= 0.6 is 10.7 Å². The molecule has 0 aromatic carbocycles. The van der Waals surface area contributed by atoms with Gasteiger partial charge in [0.1, 0.15) is 12.2 Å². The highest BCUT2D eigenvalue weighted by atomic mass is 35.7. The second-order valence-electron chi connectivity index (χ2n) is 5.00. The lowest BCUT2D eigenvalue weighted by atomic mass is 9.99. The van der Waals surface area contributed by atoms with Gasteiger partial charge >= 0.3 is 17.9 Å². The van der Waals surface area contributed by atoms with Crippen LogP contribution in [0.4, 0.5) is 0 Å². The Bertz CT molecular complexity index is 603. The molecule has 12 heteroatoms. The molecule has 1 rings (SSSR count). The van der Waals surface area contributed by atoms with Gasteiger partial charge in [0.25, 0.3) is 0 Å². The normalized spacial score (nSPS) is 30.3. The second kappa shape index (κ2) is 8.10. The maximum absolute atomic E-state index is 11.2. The fourth-order valence-corrected chi connectivity index (χ4v) is 3.17. The highest BCUT2D eigenvalue weighted by Gasteiger charge is 2.51. The fraction of sp³-hybridized carbons (Fsp3) is 0.750. The predicted molar refractivity (Wildman–Crippen MR) is 77.2 cm³/mol. The number of carbonyl (C=O) groups excluding carboxylic acids is 3. The van der Waals surface area contributed by atoms with Gasteiger partial charge in [-0.2, -0.15) is 0 Å². The van der Waals surface area contributed by atoms with E-state index in [0.717, 1.165) is 20.8 Å². The van der Waals surface area contributed by atoms with Crippen LogP contribution in [0.15, 0.2) is 0 Å². The molecule has 0 saturated carbocycles. The van der Waals surface area contributed by atoms with Crippen molar-refractivity contribution in [2.24, 2.45) is 0 Å². The summed E-state index contributed by atoms with van der Waals surface area (Å²) in [6.07, 6.45) is -7.78. The molecule has 1 saturated heterocycles. The Kier molecular flexibility index (Phi) is 6.96. The molecule has 0 spiro atoms. The van der Waals surface area contributed by atoms with Gasteiger partial charge in [-0.15, -0.1) is 0 Å². The molecular formula is C12H17ClO10S. The number of aliphatic hydroxyl groups is 1. The van der Waals surface area contributed by atoms with Crippen LogP contribution in [-0.4, -0.2) is 67.9 Å². The summed E-state index contributed by atoms with van der Waals surface area (Å²) in [5.74, 6) is -3.35. The first-order valence-corrected chi connectivity index (χ1v) is 9.16. The van der Waals surface area contributed by atoms with Crippen molar-refractivity contribution in [1.29, 1.82) is 0 Å². The van der Waals surface area contributed by atoms with Crippen LogP contribution in [0, 0.1) is 0 Å². The molecule has 24 heavy (non-hydrogen) atoms. The molecule has 0 aromatic rings. The summed E-state index contributed by atoms with van der Waals surface area (Å²) >= 11 is 0. The third-order valence-electron chi connectivity index (χ3n) is 2.87. The van der Waals surface area contributed by atoms with Crippen LogP contribution in [0.25, 0.3) is 0 Å². The largest absolute Gasteiger partial charge is 0.455 e. The molecule has 0 aliphatic carbocycles. The Balaban J connectivity index is 3.19. The zero-order chi connectivity index (χ0) is 18.7. The van der Waals surface area contributed by atoms with E-state index in [0.29, 0.717) is 0 Å². The molecule has 5 atom stereocenters. The zero-order valence-corrected chi connectivity index (χ0v) is 14.6. The van der Waals surface area contributed by atoms with E-state index in [4.69, 9.17) is 29.6 Å². The predicted octanol–water partition coefficient (Wildman–Crippen LogP) is -0.933. The van der Waals surface area contributed by atoms with E-state index < -0.39 is 63.4 Å². The fourth-order valence-electron chi connectivity index (χ4n) is 2.13. The lowest BCUT2D eigenvalue weighted by Gasteiger charge is -2.42. The van der Waals surface area contributed by atoms with E-state index in [1.807, 2.05) is 0 Å². The first-order chi connectivity index (χ1) is 10.9. The molecule has 0 aromatic heterocycles. The number of hydrogen-bond donors (Lipinski definition) is 1. The first-order valence-electron chi connectivity index (χ1n) is 6.68. The van der Waals surface area contributed by atoms with E-state index in [9.17, 15) is 27.9 Å². The van der Waals surface area contributed by atoms with Gasteiger partial charge in [0, 0.05) is 31.5 Å². The zero-order valence-electron chi connectivity index (χ0n) is 13.0. The van der Waals surface area contributed by atoms with Crippen LogP contribution in [0.3, 0.4) is 0 Å². The molecule has 1 unspecified atom stereocenters. The van der Waals surface area contributed by atoms with E-state index >= 15 is 0 Å². The quantitative estimate of drug-likeness (QED) is 0.356. The van der Waals surface area contributed by atoms with Crippen molar-refractivity contribution in [3.63, 3.8) is 0 Å². The molecule has 0 amide bonds. The van der Waals surface area contributed by atoms with Crippen LogP contribution in [0.2, 0.25) is 0 Å². The molecule has 1 heterocycles. The van der Waals surface area contributed by atoms with Gasteiger partial charge in [-0.1, -0.05) is 0 Å². The van der Waals surface area contributed by atoms with Gasteiger partial charge in [0.05, 0.1) is 5.75 Å². The van der Waals surface area contributed by atoms with Crippen molar-refractivity contribution in [3.8, 4) is 0 Å². The SMILES string of the molecule is CC(=O)OC1O[C@H](CS(=O)(=O)Cl)[C@@H](O)[C@H](OC(C)=O)[C@@H]1OC(C)=O. The number of rotatable bonds is 5. The minimum atomic E-state index is -4.10. The molecule has 1 fully saturated rings. The third-order valence-corrected chi connectivity index (χ3v) is 3.97. The lowest BCUT2D eigenvalue weighted by molar-refractivity contribution is -0.289. The molecule has 0 radical (unpaired) electrons. The monoisotopic (exact) mass is 388 g/mol. The van der Waals surface area contributed by atoms with Crippen LogP contribution in [-0.2, 0) is 42.4 Å². The minimum Gasteiger partial charge on any atom is -0.455 e. The van der Waals surface area contributed by atoms with Crippen LogP contribution < -0.4 is 0 Å². The van der Waals surface area contributed by atoms with Gasteiger partial charge in [0.2, 0.25) is 21.4 Å². The van der Waals surface area contributed by atoms with E-state index in [-0.39, 0.29) is 0 Å². The van der Waals surface area contributed by atoms with E-state index in [1.165, 1.54) is 0 Å². The lowest BCUT2D eigenvalue weighted by Crippen LogP contribution is -2.62. The number of esters is 3. The highest BCUT2D eigenvalue weighted by Crippen LogP contribution is 2.28. The van der Waals surface area contributed by atoms with Gasteiger partial charge in [-0.25, -0.2) is 8.42 Å². The molecular weight excluding hydrogens is 372 g/mol. The average molecular weight is 389 g/mol. The summed E-state index contributed by atoms with van der Waals surface area (Å²) in [4.78, 5) is 33.7. The summed E-state index contributed by atoms with van der Waals surface area (Å²) in [6.45, 7) is 3.10. The third kappa shape index (κ3) is 6.23. The Hall–Kier alpha value is -1.43. The van der Waals surface area contributed by atoms with Crippen molar-refractivity contribution in [2.45, 2.75) is 51.5 Å². The average Bonchev–Trinajstić information content (AvgIpc) is 2.36. The maximum Gasteiger partial charge on any atom is 0.305 e. The number of ether oxygens (including phenoxy) is 4. The summed E-state index contributed by atoms with van der Waals surface area (Å²) < 4.78 is 42.3. The highest BCUT2D eigenvalue weighted by molar-refractivity contribution is 8.13. The van der Waals surface area contributed by atoms with Gasteiger partial charge in [-0.3, -0.25) is 14.4 Å². The molecule has 1 aliphatic heterocycles. The standard InChI is InChI=1S/C12H17ClO10S/c1-5(14)20-10-9(17)8(4-24(13,18)19)23-12(22-7(3)16)11(10)21-6(2)15/h8-12,17H,4H2,1-3H3/t8-,9-,10+,11+,12?/m1/s1. The molecule has 138 valence electrons. The Morgan fingerprint density at radius 1 is 1.00 bits per heavy atom. The van der Waals surface area contributed by atoms with Crippen molar-refractivity contribution in [3.05, 3.63) is 0 Å². The van der Waals surface area contributed by atoms with Crippen LogP contribution in [0.5, 0.6) is 0 Å². The maximum atomic E-state index is 11.2. The Labute approximate surface area is 142 Å². The number of halogens is 1. The van der Waals surface area contributed by atoms with Crippen LogP contribution in [0.1, 0.15) is 20.8 Å². The number of hydrogen-bond acceptors (Lipinski definition) is 10. The molecule has 10 nitrogen and oxygen atoms in total. The van der Waals surface area contributed by atoms with E-state index in [1.54, 1.807) is 0 Å². The minimum absolute atomic E-state index is 0.825. The Morgan fingerprint density at radius 2 is 1.46 bits per heavy atom. The Morgan fingerprint density at radius 3 is 1.88 bits per heavy atom. The summed E-state index contributed by atoms with van der Waals surface area (Å²) in [6, 6.07) is 0. The van der Waals surface area contributed by atoms with Gasteiger partial charge < -0.3 is 24.1 Å². The molecule has 1 N–H and O–H groups in total. The smallest absolute Gasteiger partial charge is 0.305 e. The topological polar surface area (TPSA) is 143 Å². The van der Waals surface area contributed by atoms with Gasteiger partial charge in [-0.05, 0) is 0 Å². The first kappa shape index (κ1) is 20.6. The summed E-state index contributed by atoms with van der Waals surface area (Å²) in [5, 5.41) is 10.2. The number of carbonyl (C=O) groups is 3. The number of aliphatic hydroxyl groups excluding tert-OH is 1.